The first-order valence-corrected chi connectivity index (χ1v) is 7.26. The van der Waals surface area contributed by atoms with E-state index in [-0.39, 0.29) is 11.6 Å². The molecular weight excluding hydrogens is 342 g/mol. The van der Waals surface area contributed by atoms with Crippen LogP contribution in [0.5, 0.6) is 0 Å². The fourth-order valence-corrected chi connectivity index (χ4v) is 2.20. The van der Waals surface area contributed by atoms with Gasteiger partial charge in [0.1, 0.15) is 12.1 Å². The van der Waals surface area contributed by atoms with Crippen LogP contribution in [0.25, 0.3) is 11.5 Å². The minimum Gasteiger partial charge on any atom is -0.444 e. The fraction of sp³-hybridized carbons (Fsp3) is 0. The minimum atomic E-state index is -0.509. The Morgan fingerprint density at radius 1 is 1.13 bits per heavy atom. The lowest BCUT2D eigenvalue weighted by atomic mass is 10.2. The van der Waals surface area contributed by atoms with Gasteiger partial charge >= 0.3 is 0 Å². The predicted octanol–water partition coefficient (Wildman–Crippen LogP) is 5.04. The van der Waals surface area contributed by atoms with Crippen LogP contribution in [0.15, 0.2) is 53.1 Å². The maximum atomic E-state index is 13.1. The zero-order chi connectivity index (χ0) is 16.4. The van der Waals surface area contributed by atoms with Crippen LogP contribution in [-0.2, 0) is 0 Å². The predicted molar refractivity (Wildman–Crippen MR) is 86.3 cm³/mol. The number of hydrogen-bond donors (Lipinski definition) is 1. The van der Waals surface area contributed by atoms with Gasteiger partial charge in [-0.25, -0.2) is 9.37 Å². The molecule has 3 rings (SSSR count). The van der Waals surface area contributed by atoms with Crippen LogP contribution in [0.4, 0.5) is 10.1 Å². The number of carbonyl (C=O) groups excluding carboxylic acids is 1. The Labute approximate surface area is 140 Å². The molecule has 0 saturated heterocycles. The molecule has 1 aromatic heterocycles. The molecule has 0 saturated carbocycles. The minimum absolute atomic E-state index is 0.0651. The molecule has 1 amide bonds. The molecule has 0 spiro atoms. The molecule has 1 heterocycles. The molecule has 2 aromatic carbocycles. The van der Waals surface area contributed by atoms with Crippen molar-refractivity contribution in [1.82, 2.24) is 4.98 Å². The van der Waals surface area contributed by atoms with E-state index in [0.717, 1.165) is 0 Å². The van der Waals surface area contributed by atoms with Gasteiger partial charge in [0, 0.05) is 11.3 Å². The molecule has 0 aliphatic heterocycles. The molecular formula is C16H9Cl2FN2O2. The number of benzene rings is 2. The molecule has 0 aliphatic rings. The number of hydrogen-bond acceptors (Lipinski definition) is 3. The molecule has 0 aliphatic carbocycles. The number of aromatic nitrogens is 1. The highest BCUT2D eigenvalue weighted by molar-refractivity contribution is 6.42. The van der Waals surface area contributed by atoms with Crippen molar-refractivity contribution in [2.45, 2.75) is 0 Å². The van der Waals surface area contributed by atoms with Gasteiger partial charge in [0.25, 0.3) is 5.91 Å². The summed E-state index contributed by atoms with van der Waals surface area (Å²) in [5.74, 6) is -0.724. The highest BCUT2D eigenvalue weighted by atomic mass is 35.5. The highest BCUT2D eigenvalue weighted by Gasteiger charge is 2.14. The van der Waals surface area contributed by atoms with Crippen molar-refractivity contribution < 1.29 is 13.6 Å². The number of oxazole rings is 1. The van der Waals surface area contributed by atoms with Gasteiger partial charge in [-0.3, -0.25) is 4.79 Å². The Balaban J connectivity index is 1.81. The second-order valence-electron chi connectivity index (χ2n) is 4.63. The maximum Gasteiger partial charge on any atom is 0.277 e. The van der Waals surface area contributed by atoms with Gasteiger partial charge in [-0.1, -0.05) is 29.3 Å². The van der Waals surface area contributed by atoms with E-state index in [1.165, 1.54) is 24.5 Å². The smallest absolute Gasteiger partial charge is 0.277 e. The average molecular weight is 351 g/mol. The van der Waals surface area contributed by atoms with Crippen molar-refractivity contribution in [2.75, 3.05) is 5.32 Å². The lowest BCUT2D eigenvalue weighted by Crippen LogP contribution is -2.12. The van der Waals surface area contributed by atoms with E-state index in [1.807, 2.05) is 0 Å². The molecule has 7 heteroatoms. The van der Waals surface area contributed by atoms with E-state index in [4.69, 9.17) is 27.6 Å². The summed E-state index contributed by atoms with van der Waals surface area (Å²) in [7, 11) is 0. The van der Waals surface area contributed by atoms with Gasteiger partial charge in [0.05, 0.1) is 10.0 Å². The van der Waals surface area contributed by atoms with Gasteiger partial charge in [0.15, 0.2) is 5.69 Å². The van der Waals surface area contributed by atoms with Crippen LogP contribution in [-0.4, -0.2) is 10.9 Å². The molecule has 1 N–H and O–H groups in total. The van der Waals surface area contributed by atoms with Crippen molar-refractivity contribution in [3.8, 4) is 11.5 Å². The van der Waals surface area contributed by atoms with Gasteiger partial charge in [-0.2, -0.15) is 0 Å². The van der Waals surface area contributed by atoms with E-state index in [0.29, 0.717) is 21.3 Å². The van der Waals surface area contributed by atoms with Crippen LogP contribution in [0.1, 0.15) is 10.5 Å². The van der Waals surface area contributed by atoms with Crippen molar-refractivity contribution in [1.29, 1.82) is 0 Å². The molecule has 0 unspecified atom stereocenters. The van der Waals surface area contributed by atoms with Crippen molar-refractivity contribution in [3.05, 3.63) is 70.3 Å². The molecule has 3 aromatic rings. The molecule has 0 radical (unpaired) electrons. The maximum absolute atomic E-state index is 13.1. The number of halogens is 3. The van der Waals surface area contributed by atoms with E-state index < -0.39 is 11.7 Å². The largest absolute Gasteiger partial charge is 0.444 e. The summed E-state index contributed by atoms with van der Waals surface area (Å²) in [6.07, 6.45) is 1.21. The Bertz CT molecular complexity index is 880. The molecule has 116 valence electrons. The third-order valence-electron chi connectivity index (χ3n) is 2.99. The summed E-state index contributed by atoms with van der Waals surface area (Å²) in [6, 6.07) is 10.4. The second kappa shape index (κ2) is 6.40. The lowest BCUT2D eigenvalue weighted by Gasteiger charge is -2.02. The number of rotatable bonds is 3. The molecule has 0 bridgehead atoms. The van der Waals surface area contributed by atoms with Crippen LogP contribution >= 0.6 is 23.2 Å². The summed E-state index contributed by atoms with van der Waals surface area (Å²) in [6.45, 7) is 0. The monoisotopic (exact) mass is 350 g/mol. The number of carbonyl (C=O) groups is 1. The van der Waals surface area contributed by atoms with Gasteiger partial charge in [-0.05, 0) is 36.4 Å². The van der Waals surface area contributed by atoms with Gasteiger partial charge in [-0.15, -0.1) is 0 Å². The standard InChI is InChI=1S/C16H9Cl2FN2O2/c17-12-5-4-9(6-13(12)18)16-21-14(8-23-16)15(22)20-11-3-1-2-10(19)7-11/h1-8H,(H,20,22). The normalized spacial score (nSPS) is 10.6. The third kappa shape index (κ3) is 3.52. The summed E-state index contributed by atoms with van der Waals surface area (Å²) in [5, 5.41) is 3.30. The first-order valence-electron chi connectivity index (χ1n) is 6.51. The number of anilines is 1. The average Bonchev–Trinajstić information content (AvgIpc) is 3.00. The first kappa shape index (κ1) is 15.5. The molecule has 0 fully saturated rings. The van der Waals surface area contributed by atoms with E-state index in [2.05, 4.69) is 10.3 Å². The van der Waals surface area contributed by atoms with Crippen LogP contribution in [0.3, 0.4) is 0 Å². The Morgan fingerprint density at radius 3 is 2.70 bits per heavy atom. The summed E-state index contributed by atoms with van der Waals surface area (Å²) in [4.78, 5) is 16.2. The summed E-state index contributed by atoms with van der Waals surface area (Å²) in [5.41, 5.74) is 0.980. The van der Waals surface area contributed by atoms with Crippen LogP contribution in [0, 0.1) is 5.82 Å². The fourth-order valence-electron chi connectivity index (χ4n) is 1.90. The Hall–Kier alpha value is -2.37. The Kier molecular flexibility index (Phi) is 4.32. The van der Waals surface area contributed by atoms with Crippen LogP contribution < -0.4 is 5.32 Å². The first-order chi connectivity index (χ1) is 11.0. The van der Waals surface area contributed by atoms with E-state index >= 15 is 0 Å². The zero-order valence-electron chi connectivity index (χ0n) is 11.5. The van der Waals surface area contributed by atoms with Crippen molar-refractivity contribution in [2.24, 2.45) is 0 Å². The molecule has 0 atom stereocenters. The third-order valence-corrected chi connectivity index (χ3v) is 3.72. The number of amides is 1. The quantitative estimate of drug-likeness (QED) is 0.719. The number of nitrogens with zero attached hydrogens (tertiary/aromatic N) is 1. The van der Waals surface area contributed by atoms with E-state index in [9.17, 15) is 9.18 Å². The number of nitrogens with one attached hydrogen (secondary N) is 1. The second-order valence-corrected chi connectivity index (χ2v) is 5.45. The summed E-state index contributed by atoms with van der Waals surface area (Å²) < 4.78 is 18.4. The van der Waals surface area contributed by atoms with Gasteiger partial charge < -0.3 is 9.73 Å². The SMILES string of the molecule is O=C(Nc1cccc(F)c1)c1coc(-c2ccc(Cl)c(Cl)c2)n1. The van der Waals surface area contributed by atoms with Gasteiger partial charge in [0.2, 0.25) is 5.89 Å². The molecule has 23 heavy (non-hydrogen) atoms. The summed E-state index contributed by atoms with van der Waals surface area (Å²) >= 11 is 11.8. The Morgan fingerprint density at radius 2 is 1.96 bits per heavy atom. The zero-order valence-corrected chi connectivity index (χ0v) is 13.0. The van der Waals surface area contributed by atoms with E-state index in [1.54, 1.807) is 24.3 Å². The van der Waals surface area contributed by atoms with Crippen molar-refractivity contribution >= 4 is 34.8 Å². The lowest BCUT2D eigenvalue weighted by molar-refractivity contribution is 0.102. The molecule has 4 nitrogen and oxygen atoms in total. The van der Waals surface area contributed by atoms with Crippen LogP contribution in [0.2, 0.25) is 10.0 Å². The van der Waals surface area contributed by atoms with Crippen molar-refractivity contribution in [3.63, 3.8) is 0 Å². The highest BCUT2D eigenvalue weighted by Crippen LogP contribution is 2.28. The topological polar surface area (TPSA) is 55.1 Å².